The number of carbonyl (C=O) groups is 1. The second-order valence-electron chi connectivity index (χ2n) is 4.90. The molecule has 0 aliphatic heterocycles. The molecule has 0 saturated carbocycles. The van der Waals surface area contributed by atoms with E-state index in [1.54, 1.807) is 11.6 Å². The van der Waals surface area contributed by atoms with Crippen molar-refractivity contribution in [2.24, 2.45) is 0 Å². The van der Waals surface area contributed by atoms with Crippen LogP contribution in [0, 0.1) is 13.8 Å². The molecule has 0 unspecified atom stereocenters. The highest BCUT2D eigenvalue weighted by Crippen LogP contribution is 2.18. The van der Waals surface area contributed by atoms with Crippen molar-refractivity contribution >= 4 is 5.97 Å². The molecule has 0 aromatic carbocycles. The van der Waals surface area contributed by atoms with Crippen LogP contribution in [0.1, 0.15) is 28.7 Å². The zero-order valence-electron chi connectivity index (χ0n) is 13.8. The lowest BCUT2D eigenvalue weighted by Crippen LogP contribution is -2.19. The Labute approximate surface area is 134 Å². The van der Waals surface area contributed by atoms with Crippen LogP contribution in [0.25, 0.3) is 5.95 Å². The summed E-state index contributed by atoms with van der Waals surface area (Å²) in [4.78, 5) is 20.5. The molecule has 2 heterocycles. The lowest BCUT2D eigenvalue weighted by Gasteiger charge is -2.11. The summed E-state index contributed by atoms with van der Waals surface area (Å²) >= 11 is 0. The van der Waals surface area contributed by atoms with E-state index in [1.807, 2.05) is 27.0 Å². The summed E-state index contributed by atoms with van der Waals surface area (Å²) in [5, 5.41) is 7.30. The van der Waals surface area contributed by atoms with Crippen LogP contribution in [0.5, 0.6) is 5.88 Å². The van der Waals surface area contributed by atoms with E-state index in [2.05, 4.69) is 20.4 Å². The SMILES string of the molecule is CCOC(=O)c1cnc(-n2nc(C)cc2C)nc1OCCNC. The van der Waals surface area contributed by atoms with E-state index < -0.39 is 5.97 Å². The normalized spacial score (nSPS) is 10.6. The average Bonchev–Trinajstić information content (AvgIpc) is 2.86. The highest BCUT2D eigenvalue weighted by atomic mass is 16.5. The molecule has 0 aliphatic carbocycles. The first-order valence-electron chi connectivity index (χ1n) is 7.42. The topological polar surface area (TPSA) is 91.2 Å². The summed E-state index contributed by atoms with van der Waals surface area (Å²) < 4.78 is 12.2. The zero-order chi connectivity index (χ0) is 16.8. The maximum absolute atomic E-state index is 12.0. The van der Waals surface area contributed by atoms with Crippen molar-refractivity contribution in [3.05, 3.63) is 29.2 Å². The molecule has 0 radical (unpaired) electrons. The van der Waals surface area contributed by atoms with Crippen LogP contribution in [-0.4, -0.2) is 52.5 Å². The number of nitrogens with zero attached hydrogens (tertiary/aromatic N) is 4. The molecule has 0 fully saturated rings. The van der Waals surface area contributed by atoms with E-state index in [4.69, 9.17) is 9.47 Å². The van der Waals surface area contributed by atoms with Gasteiger partial charge in [-0.2, -0.15) is 10.1 Å². The van der Waals surface area contributed by atoms with Crippen molar-refractivity contribution in [3.63, 3.8) is 0 Å². The molecular formula is C15H21N5O3. The van der Waals surface area contributed by atoms with Crippen LogP contribution < -0.4 is 10.1 Å². The van der Waals surface area contributed by atoms with Crippen LogP contribution in [0.4, 0.5) is 0 Å². The van der Waals surface area contributed by atoms with Crippen LogP contribution in [0.2, 0.25) is 0 Å². The molecule has 0 amide bonds. The minimum Gasteiger partial charge on any atom is -0.476 e. The van der Waals surface area contributed by atoms with E-state index in [-0.39, 0.29) is 18.1 Å². The van der Waals surface area contributed by atoms with Gasteiger partial charge < -0.3 is 14.8 Å². The molecule has 1 N–H and O–H groups in total. The first-order valence-corrected chi connectivity index (χ1v) is 7.42. The number of aromatic nitrogens is 4. The molecule has 2 rings (SSSR count). The van der Waals surface area contributed by atoms with Gasteiger partial charge in [0.1, 0.15) is 12.2 Å². The summed E-state index contributed by atoms with van der Waals surface area (Å²) in [5.74, 6) is 0.0336. The summed E-state index contributed by atoms with van der Waals surface area (Å²) in [5.41, 5.74) is 1.96. The van der Waals surface area contributed by atoms with E-state index in [1.165, 1.54) is 6.20 Å². The van der Waals surface area contributed by atoms with Gasteiger partial charge in [0.25, 0.3) is 5.95 Å². The molecule has 2 aromatic heterocycles. The van der Waals surface area contributed by atoms with Gasteiger partial charge in [0.2, 0.25) is 5.88 Å². The summed E-state index contributed by atoms with van der Waals surface area (Å²) in [6.45, 7) is 6.81. The first kappa shape index (κ1) is 16.9. The fourth-order valence-corrected chi connectivity index (χ4v) is 2.00. The number of hydrogen-bond acceptors (Lipinski definition) is 7. The predicted octanol–water partition coefficient (Wildman–Crippen LogP) is 1.05. The van der Waals surface area contributed by atoms with Crippen molar-refractivity contribution in [1.82, 2.24) is 25.1 Å². The molecular weight excluding hydrogens is 298 g/mol. The van der Waals surface area contributed by atoms with Crippen molar-refractivity contribution in [2.45, 2.75) is 20.8 Å². The van der Waals surface area contributed by atoms with Gasteiger partial charge in [-0.3, -0.25) is 0 Å². The Bertz CT molecular complexity index is 684. The molecule has 0 atom stereocenters. The van der Waals surface area contributed by atoms with Gasteiger partial charge in [-0.25, -0.2) is 14.5 Å². The Morgan fingerprint density at radius 1 is 1.39 bits per heavy atom. The smallest absolute Gasteiger partial charge is 0.345 e. The van der Waals surface area contributed by atoms with Crippen molar-refractivity contribution in [2.75, 3.05) is 26.8 Å². The quantitative estimate of drug-likeness (QED) is 0.602. The van der Waals surface area contributed by atoms with Crippen LogP contribution in [-0.2, 0) is 4.74 Å². The molecule has 8 nitrogen and oxygen atoms in total. The maximum atomic E-state index is 12.0. The summed E-state index contributed by atoms with van der Waals surface area (Å²) in [6.07, 6.45) is 1.41. The van der Waals surface area contributed by atoms with Gasteiger partial charge in [-0.15, -0.1) is 0 Å². The van der Waals surface area contributed by atoms with Gasteiger partial charge in [0.15, 0.2) is 0 Å². The van der Waals surface area contributed by atoms with Gasteiger partial charge in [-0.05, 0) is 33.9 Å². The lowest BCUT2D eigenvalue weighted by atomic mass is 10.3. The van der Waals surface area contributed by atoms with Gasteiger partial charge >= 0.3 is 5.97 Å². The van der Waals surface area contributed by atoms with E-state index >= 15 is 0 Å². The molecule has 0 aliphatic rings. The number of aryl methyl sites for hydroxylation is 2. The van der Waals surface area contributed by atoms with Crippen molar-refractivity contribution < 1.29 is 14.3 Å². The largest absolute Gasteiger partial charge is 0.476 e. The van der Waals surface area contributed by atoms with Crippen LogP contribution in [0.15, 0.2) is 12.3 Å². The minimum absolute atomic E-state index is 0.191. The number of rotatable bonds is 7. The number of hydrogen-bond donors (Lipinski definition) is 1. The van der Waals surface area contributed by atoms with Crippen LogP contribution >= 0.6 is 0 Å². The Morgan fingerprint density at radius 3 is 2.78 bits per heavy atom. The number of nitrogens with one attached hydrogen (secondary N) is 1. The number of carbonyl (C=O) groups excluding carboxylic acids is 1. The molecule has 124 valence electrons. The Morgan fingerprint density at radius 2 is 2.17 bits per heavy atom. The fourth-order valence-electron chi connectivity index (χ4n) is 2.00. The highest BCUT2D eigenvalue weighted by Gasteiger charge is 2.19. The highest BCUT2D eigenvalue weighted by molar-refractivity contribution is 5.91. The van der Waals surface area contributed by atoms with Gasteiger partial charge in [0.05, 0.1) is 18.5 Å². The molecule has 0 saturated heterocycles. The number of likely N-dealkylation sites (N-methyl/N-ethyl adjacent to an activating group) is 1. The third-order valence-corrected chi connectivity index (χ3v) is 3.03. The average molecular weight is 319 g/mol. The Kier molecular flexibility index (Phi) is 5.64. The van der Waals surface area contributed by atoms with Gasteiger partial charge in [0, 0.05) is 12.2 Å². The number of ether oxygens (including phenoxy) is 2. The third kappa shape index (κ3) is 4.04. The van der Waals surface area contributed by atoms with Crippen LogP contribution in [0.3, 0.4) is 0 Å². The molecule has 2 aromatic rings. The first-order chi connectivity index (χ1) is 11.1. The lowest BCUT2D eigenvalue weighted by molar-refractivity contribution is 0.0520. The van der Waals surface area contributed by atoms with E-state index in [0.29, 0.717) is 19.1 Å². The third-order valence-electron chi connectivity index (χ3n) is 3.03. The van der Waals surface area contributed by atoms with Crippen molar-refractivity contribution in [3.8, 4) is 11.8 Å². The second-order valence-corrected chi connectivity index (χ2v) is 4.90. The standard InChI is InChI=1S/C15H21N5O3/c1-5-22-14(21)12-9-17-15(18-13(12)23-7-6-16-4)20-11(3)8-10(2)19-20/h8-9,16H,5-7H2,1-4H3. The Hall–Kier alpha value is -2.48. The maximum Gasteiger partial charge on any atom is 0.345 e. The zero-order valence-corrected chi connectivity index (χ0v) is 13.8. The molecule has 0 bridgehead atoms. The van der Waals surface area contributed by atoms with E-state index in [9.17, 15) is 4.79 Å². The van der Waals surface area contributed by atoms with Crippen molar-refractivity contribution in [1.29, 1.82) is 0 Å². The predicted molar refractivity (Wildman–Crippen MR) is 84.0 cm³/mol. The Balaban J connectivity index is 2.37. The van der Waals surface area contributed by atoms with Gasteiger partial charge in [-0.1, -0.05) is 0 Å². The monoisotopic (exact) mass is 319 g/mol. The number of esters is 1. The summed E-state index contributed by atoms with van der Waals surface area (Å²) in [6, 6.07) is 1.92. The fraction of sp³-hybridized carbons (Fsp3) is 0.467. The molecule has 0 spiro atoms. The molecule has 23 heavy (non-hydrogen) atoms. The molecule has 8 heteroatoms. The summed E-state index contributed by atoms with van der Waals surface area (Å²) in [7, 11) is 1.82. The van der Waals surface area contributed by atoms with E-state index in [0.717, 1.165) is 11.4 Å². The minimum atomic E-state index is -0.508. The second kappa shape index (κ2) is 7.68.